The number of aryl methyl sites for hydroxylation is 1. The molecule has 1 fully saturated rings. The Bertz CT molecular complexity index is 476. The van der Waals surface area contributed by atoms with Gasteiger partial charge < -0.3 is 19.9 Å². The number of hydrogen-bond acceptors (Lipinski definition) is 5. The van der Waals surface area contributed by atoms with Crippen molar-refractivity contribution in [1.82, 2.24) is 14.5 Å². The summed E-state index contributed by atoms with van der Waals surface area (Å²) < 4.78 is 1.64. The average molecular weight is 253 g/mol. The topological polar surface area (TPSA) is 84.5 Å². The molecule has 1 aromatic rings. The van der Waals surface area contributed by atoms with Crippen LogP contribution >= 0.6 is 0 Å². The first-order valence-corrected chi connectivity index (χ1v) is 5.67. The zero-order valence-electron chi connectivity index (χ0n) is 10.4. The number of imidazole rings is 1. The summed E-state index contributed by atoms with van der Waals surface area (Å²) >= 11 is 0. The Balaban J connectivity index is 2.17. The number of rotatable bonds is 2. The minimum atomic E-state index is -0.479. The lowest BCUT2D eigenvalue weighted by Gasteiger charge is -2.34. The van der Waals surface area contributed by atoms with E-state index in [1.807, 2.05) is 4.90 Å². The molecule has 0 unspecified atom stereocenters. The number of carbonyl (C=O) groups is 1. The molecule has 1 saturated heterocycles. The number of aromatic nitrogens is 2. The Morgan fingerprint density at radius 3 is 2.50 bits per heavy atom. The SMILES string of the molecule is CC(=O)N1CCN(c2c([N+](=O)[O-])ncn2C)CC1. The fourth-order valence-electron chi connectivity index (χ4n) is 2.14. The summed E-state index contributed by atoms with van der Waals surface area (Å²) in [5, 5.41) is 10.9. The highest BCUT2D eigenvalue weighted by molar-refractivity contribution is 5.73. The van der Waals surface area contributed by atoms with E-state index in [1.165, 1.54) is 13.3 Å². The van der Waals surface area contributed by atoms with Crippen molar-refractivity contribution in [3.63, 3.8) is 0 Å². The van der Waals surface area contributed by atoms with E-state index in [0.717, 1.165) is 0 Å². The van der Waals surface area contributed by atoms with Gasteiger partial charge in [0.15, 0.2) is 0 Å². The Morgan fingerprint density at radius 2 is 2.00 bits per heavy atom. The number of nitrogens with zero attached hydrogens (tertiary/aromatic N) is 5. The monoisotopic (exact) mass is 253 g/mol. The number of amides is 1. The van der Waals surface area contributed by atoms with Crippen LogP contribution in [0.4, 0.5) is 11.6 Å². The fourth-order valence-corrected chi connectivity index (χ4v) is 2.14. The van der Waals surface area contributed by atoms with Gasteiger partial charge in [0.1, 0.15) is 0 Å². The molecule has 0 N–H and O–H groups in total. The van der Waals surface area contributed by atoms with Crippen LogP contribution in [-0.4, -0.2) is 51.5 Å². The van der Waals surface area contributed by atoms with E-state index in [-0.39, 0.29) is 11.7 Å². The fraction of sp³-hybridized carbons (Fsp3) is 0.600. The molecule has 0 aromatic carbocycles. The first-order chi connectivity index (χ1) is 8.50. The molecule has 0 saturated carbocycles. The zero-order valence-corrected chi connectivity index (χ0v) is 10.4. The third kappa shape index (κ3) is 2.13. The van der Waals surface area contributed by atoms with Crippen LogP contribution in [0.1, 0.15) is 6.92 Å². The maximum Gasteiger partial charge on any atom is 0.406 e. The molecule has 98 valence electrons. The van der Waals surface area contributed by atoms with Crippen molar-refractivity contribution in [2.45, 2.75) is 6.92 Å². The van der Waals surface area contributed by atoms with Crippen LogP contribution in [0.5, 0.6) is 0 Å². The molecule has 0 spiro atoms. The van der Waals surface area contributed by atoms with Gasteiger partial charge in [0.2, 0.25) is 18.1 Å². The van der Waals surface area contributed by atoms with Crippen molar-refractivity contribution in [2.24, 2.45) is 7.05 Å². The molecule has 8 heteroatoms. The van der Waals surface area contributed by atoms with Crippen molar-refractivity contribution in [2.75, 3.05) is 31.1 Å². The lowest BCUT2D eigenvalue weighted by Crippen LogP contribution is -2.48. The number of nitro groups is 1. The van der Waals surface area contributed by atoms with Gasteiger partial charge in [0, 0.05) is 40.2 Å². The summed E-state index contributed by atoms with van der Waals surface area (Å²) in [4.78, 5) is 29.0. The highest BCUT2D eigenvalue weighted by Crippen LogP contribution is 2.26. The number of hydrogen-bond donors (Lipinski definition) is 0. The molecule has 18 heavy (non-hydrogen) atoms. The highest BCUT2D eigenvalue weighted by atomic mass is 16.6. The second kappa shape index (κ2) is 4.63. The predicted molar refractivity (Wildman–Crippen MR) is 64.3 cm³/mol. The van der Waals surface area contributed by atoms with Crippen molar-refractivity contribution >= 4 is 17.5 Å². The third-order valence-corrected chi connectivity index (χ3v) is 3.08. The van der Waals surface area contributed by atoms with E-state index in [9.17, 15) is 14.9 Å². The number of anilines is 1. The summed E-state index contributed by atoms with van der Waals surface area (Å²) in [7, 11) is 1.73. The van der Waals surface area contributed by atoms with E-state index >= 15 is 0 Å². The van der Waals surface area contributed by atoms with Gasteiger partial charge >= 0.3 is 5.82 Å². The van der Waals surface area contributed by atoms with Gasteiger partial charge in [-0.25, -0.2) is 0 Å². The van der Waals surface area contributed by atoms with Crippen LogP contribution in [0.2, 0.25) is 0 Å². The molecule has 0 aliphatic carbocycles. The largest absolute Gasteiger partial charge is 0.406 e. The van der Waals surface area contributed by atoms with Gasteiger partial charge in [-0.3, -0.25) is 9.36 Å². The van der Waals surface area contributed by atoms with Crippen molar-refractivity contribution in [1.29, 1.82) is 0 Å². The second-order valence-corrected chi connectivity index (χ2v) is 4.25. The normalized spacial score (nSPS) is 15.9. The first-order valence-electron chi connectivity index (χ1n) is 5.67. The summed E-state index contributed by atoms with van der Waals surface area (Å²) in [6.07, 6.45) is 1.44. The van der Waals surface area contributed by atoms with E-state index in [2.05, 4.69) is 4.98 Å². The molecular formula is C10H15N5O3. The molecule has 1 aromatic heterocycles. The maximum absolute atomic E-state index is 11.2. The minimum Gasteiger partial charge on any atom is -0.358 e. The quantitative estimate of drug-likeness (QED) is 0.547. The molecule has 0 radical (unpaired) electrons. The van der Waals surface area contributed by atoms with Crippen molar-refractivity contribution < 1.29 is 9.72 Å². The Morgan fingerprint density at radius 1 is 1.39 bits per heavy atom. The summed E-state index contributed by atoms with van der Waals surface area (Å²) in [5.41, 5.74) is 0. The Hall–Kier alpha value is -2.12. The van der Waals surface area contributed by atoms with Crippen LogP contribution in [0.15, 0.2) is 6.33 Å². The Kier molecular flexibility index (Phi) is 3.17. The predicted octanol–water partition coefficient (Wildman–Crippen LogP) is -0.00320. The molecule has 1 aliphatic rings. The second-order valence-electron chi connectivity index (χ2n) is 4.25. The summed E-state index contributed by atoms with van der Waals surface area (Å²) in [6.45, 7) is 3.86. The zero-order chi connectivity index (χ0) is 13.3. The summed E-state index contributed by atoms with van der Waals surface area (Å²) in [5.74, 6) is 0.408. The van der Waals surface area contributed by atoms with E-state index < -0.39 is 4.92 Å². The first kappa shape index (κ1) is 12.3. The standard InChI is InChI=1S/C10H15N5O3/c1-8(16)13-3-5-14(6-4-13)10-9(15(17)18)11-7-12(10)2/h7H,3-6H2,1-2H3. The van der Waals surface area contributed by atoms with Crippen LogP contribution in [0, 0.1) is 10.1 Å². The van der Waals surface area contributed by atoms with Crippen LogP contribution < -0.4 is 4.90 Å². The van der Waals surface area contributed by atoms with Crippen LogP contribution in [-0.2, 0) is 11.8 Å². The molecule has 2 rings (SSSR count). The highest BCUT2D eigenvalue weighted by Gasteiger charge is 2.28. The van der Waals surface area contributed by atoms with E-state index in [0.29, 0.717) is 32.0 Å². The molecule has 1 amide bonds. The third-order valence-electron chi connectivity index (χ3n) is 3.08. The minimum absolute atomic E-state index is 0.0363. The average Bonchev–Trinajstić information content (AvgIpc) is 2.71. The lowest BCUT2D eigenvalue weighted by molar-refractivity contribution is -0.388. The van der Waals surface area contributed by atoms with Crippen LogP contribution in [0.25, 0.3) is 0 Å². The molecule has 2 heterocycles. The van der Waals surface area contributed by atoms with E-state index in [4.69, 9.17) is 0 Å². The van der Waals surface area contributed by atoms with Gasteiger partial charge in [-0.2, -0.15) is 0 Å². The van der Waals surface area contributed by atoms with Crippen molar-refractivity contribution in [3.05, 3.63) is 16.4 Å². The number of carbonyl (C=O) groups excluding carboxylic acids is 1. The molecule has 8 nitrogen and oxygen atoms in total. The molecular weight excluding hydrogens is 238 g/mol. The van der Waals surface area contributed by atoms with E-state index in [1.54, 1.807) is 16.5 Å². The van der Waals surface area contributed by atoms with Crippen LogP contribution in [0.3, 0.4) is 0 Å². The van der Waals surface area contributed by atoms with Gasteiger partial charge in [-0.05, 0) is 9.91 Å². The molecule has 1 aliphatic heterocycles. The summed E-state index contributed by atoms with van der Waals surface area (Å²) in [6, 6.07) is 0. The molecule has 0 atom stereocenters. The van der Waals surface area contributed by atoms with Gasteiger partial charge in [0.05, 0.1) is 0 Å². The number of piperazine rings is 1. The van der Waals surface area contributed by atoms with Gasteiger partial charge in [0.25, 0.3) is 0 Å². The Labute approximate surface area is 104 Å². The van der Waals surface area contributed by atoms with Gasteiger partial charge in [-0.1, -0.05) is 0 Å². The molecule has 0 bridgehead atoms. The smallest absolute Gasteiger partial charge is 0.358 e. The maximum atomic E-state index is 11.2. The van der Waals surface area contributed by atoms with Gasteiger partial charge in [-0.15, -0.1) is 0 Å². The van der Waals surface area contributed by atoms with Crippen molar-refractivity contribution in [3.8, 4) is 0 Å². The lowest BCUT2D eigenvalue weighted by atomic mass is 10.3.